The number of carbonyl (C=O) groups is 1. The molecule has 0 bridgehead atoms. The molecule has 4 heteroatoms. The van der Waals surface area contributed by atoms with Crippen LogP contribution in [-0.2, 0) is 14.9 Å². The van der Waals surface area contributed by atoms with Crippen LogP contribution in [0.1, 0.15) is 44.1 Å². The van der Waals surface area contributed by atoms with Crippen LogP contribution in [0.25, 0.3) is 0 Å². The zero-order chi connectivity index (χ0) is 16.6. The van der Waals surface area contributed by atoms with E-state index in [1.165, 1.54) is 31.2 Å². The number of methoxy groups -OCH3 is 1. The molecule has 1 amide bonds. The highest BCUT2D eigenvalue weighted by Gasteiger charge is 2.50. The number of rotatable bonds is 3. The smallest absolute Gasteiger partial charge is 0.235 e. The van der Waals surface area contributed by atoms with Crippen LogP contribution in [-0.4, -0.2) is 39.3 Å². The first-order chi connectivity index (χ1) is 11.7. The summed E-state index contributed by atoms with van der Waals surface area (Å²) in [5.41, 5.74) is 2.39. The van der Waals surface area contributed by atoms with Gasteiger partial charge in [-0.2, -0.15) is 0 Å². The quantitative estimate of drug-likeness (QED) is 0.928. The van der Waals surface area contributed by atoms with Gasteiger partial charge in [0.2, 0.25) is 5.91 Å². The first-order valence-electron chi connectivity index (χ1n) is 9.32. The molecule has 1 aromatic carbocycles. The second-order valence-corrected chi connectivity index (χ2v) is 7.86. The summed E-state index contributed by atoms with van der Waals surface area (Å²) >= 11 is 0. The van der Waals surface area contributed by atoms with Gasteiger partial charge in [0.15, 0.2) is 0 Å². The minimum Gasteiger partial charge on any atom is -0.384 e. The van der Waals surface area contributed by atoms with Gasteiger partial charge in [0.05, 0.1) is 12.0 Å². The average Bonchev–Trinajstić information content (AvgIpc) is 3.22. The van der Waals surface area contributed by atoms with Crippen molar-refractivity contribution in [3.63, 3.8) is 0 Å². The van der Waals surface area contributed by atoms with E-state index in [2.05, 4.69) is 34.5 Å². The standard InChI is InChI=1S/C20H28N2O2/c1-24-15-20(10-12-21-13-11-20)18(23)22-14-19(8-4-5-9-19)16-6-2-3-7-17(16)22/h2-3,6-7,21H,4-5,8-15H2,1H3. The maximum atomic E-state index is 13.6. The molecular weight excluding hydrogens is 300 g/mol. The number of anilines is 1. The van der Waals surface area contributed by atoms with Crippen molar-refractivity contribution in [2.45, 2.75) is 43.9 Å². The molecule has 1 aliphatic carbocycles. The summed E-state index contributed by atoms with van der Waals surface area (Å²) in [7, 11) is 1.72. The van der Waals surface area contributed by atoms with Crippen molar-refractivity contribution in [2.75, 3.05) is 38.3 Å². The van der Waals surface area contributed by atoms with Gasteiger partial charge in [-0.25, -0.2) is 0 Å². The van der Waals surface area contributed by atoms with Crippen LogP contribution in [0.5, 0.6) is 0 Å². The molecule has 2 aliphatic heterocycles. The summed E-state index contributed by atoms with van der Waals surface area (Å²) in [5, 5.41) is 3.38. The number of carbonyl (C=O) groups excluding carboxylic acids is 1. The molecule has 1 spiro atoms. The Morgan fingerprint density at radius 3 is 2.58 bits per heavy atom. The highest BCUT2D eigenvalue weighted by atomic mass is 16.5. The molecule has 0 radical (unpaired) electrons. The van der Waals surface area contributed by atoms with Gasteiger partial charge in [0.1, 0.15) is 0 Å². The van der Waals surface area contributed by atoms with Crippen molar-refractivity contribution < 1.29 is 9.53 Å². The molecule has 24 heavy (non-hydrogen) atoms. The van der Waals surface area contributed by atoms with Crippen LogP contribution < -0.4 is 10.2 Å². The average molecular weight is 328 g/mol. The van der Waals surface area contributed by atoms with E-state index < -0.39 is 0 Å². The lowest BCUT2D eigenvalue weighted by Gasteiger charge is -2.39. The molecule has 4 rings (SSSR count). The lowest BCUT2D eigenvalue weighted by atomic mass is 9.78. The minimum absolute atomic E-state index is 0.202. The number of nitrogens with one attached hydrogen (secondary N) is 1. The van der Waals surface area contributed by atoms with Crippen LogP contribution in [0.3, 0.4) is 0 Å². The molecule has 130 valence electrons. The number of para-hydroxylation sites is 1. The fraction of sp³-hybridized carbons (Fsp3) is 0.650. The predicted octanol–water partition coefficient (Wildman–Crippen LogP) is 2.86. The molecule has 0 atom stereocenters. The predicted molar refractivity (Wildman–Crippen MR) is 95.4 cm³/mol. The zero-order valence-electron chi connectivity index (χ0n) is 14.6. The molecule has 2 fully saturated rings. The van der Waals surface area contributed by atoms with E-state index in [0.717, 1.165) is 38.2 Å². The number of hydrogen-bond acceptors (Lipinski definition) is 3. The highest BCUT2D eigenvalue weighted by Crippen LogP contribution is 2.51. The fourth-order valence-corrected chi connectivity index (χ4v) is 5.18. The van der Waals surface area contributed by atoms with Gasteiger partial charge in [0.25, 0.3) is 0 Å². The SMILES string of the molecule is COCC1(C(=O)N2CC3(CCCC3)c3ccccc32)CCNCC1. The van der Waals surface area contributed by atoms with Gasteiger partial charge in [-0.1, -0.05) is 31.0 Å². The van der Waals surface area contributed by atoms with Crippen LogP contribution in [0.15, 0.2) is 24.3 Å². The number of nitrogens with zero attached hydrogens (tertiary/aromatic N) is 1. The molecule has 3 aliphatic rings. The molecule has 2 heterocycles. The summed E-state index contributed by atoms with van der Waals surface area (Å²) in [6, 6.07) is 8.59. The normalized spacial score (nSPS) is 24.3. The molecule has 4 nitrogen and oxygen atoms in total. The second-order valence-electron chi connectivity index (χ2n) is 7.86. The Bertz CT molecular complexity index is 610. The number of piperidine rings is 1. The van der Waals surface area contributed by atoms with Gasteiger partial charge in [0, 0.05) is 24.8 Å². The van der Waals surface area contributed by atoms with Crippen molar-refractivity contribution in [2.24, 2.45) is 5.41 Å². The Morgan fingerprint density at radius 2 is 1.88 bits per heavy atom. The van der Waals surface area contributed by atoms with Gasteiger partial charge in [-0.05, 0) is 50.4 Å². The van der Waals surface area contributed by atoms with E-state index in [9.17, 15) is 4.79 Å². The maximum Gasteiger partial charge on any atom is 0.235 e. The summed E-state index contributed by atoms with van der Waals surface area (Å²) < 4.78 is 5.50. The third kappa shape index (κ3) is 2.39. The number of benzene rings is 1. The van der Waals surface area contributed by atoms with E-state index >= 15 is 0 Å². The van der Waals surface area contributed by atoms with E-state index in [1.807, 2.05) is 0 Å². The van der Waals surface area contributed by atoms with E-state index in [4.69, 9.17) is 4.74 Å². The summed E-state index contributed by atoms with van der Waals surface area (Å²) in [4.78, 5) is 15.7. The monoisotopic (exact) mass is 328 g/mol. The molecule has 0 unspecified atom stereocenters. The van der Waals surface area contributed by atoms with Gasteiger partial charge >= 0.3 is 0 Å². The Hall–Kier alpha value is -1.39. The first kappa shape index (κ1) is 16.1. The lowest BCUT2D eigenvalue weighted by Crippen LogP contribution is -2.52. The Balaban J connectivity index is 1.70. The highest BCUT2D eigenvalue weighted by molar-refractivity contribution is 6.00. The summed E-state index contributed by atoms with van der Waals surface area (Å²) in [6.45, 7) is 3.19. The topological polar surface area (TPSA) is 41.6 Å². The third-order valence-corrected chi connectivity index (χ3v) is 6.47. The molecule has 0 aromatic heterocycles. The van der Waals surface area contributed by atoms with Crippen molar-refractivity contribution in [1.29, 1.82) is 0 Å². The Morgan fingerprint density at radius 1 is 1.17 bits per heavy atom. The van der Waals surface area contributed by atoms with Crippen molar-refractivity contribution >= 4 is 11.6 Å². The largest absolute Gasteiger partial charge is 0.384 e. The van der Waals surface area contributed by atoms with Crippen LogP contribution in [0, 0.1) is 5.41 Å². The molecule has 1 N–H and O–H groups in total. The van der Waals surface area contributed by atoms with Crippen LogP contribution in [0.2, 0.25) is 0 Å². The number of amides is 1. The number of ether oxygens (including phenoxy) is 1. The van der Waals surface area contributed by atoms with Crippen molar-refractivity contribution in [1.82, 2.24) is 5.32 Å². The van der Waals surface area contributed by atoms with Crippen molar-refractivity contribution in [3.05, 3.63) is 29.8 Å². The van der Waals surface area contributed by atoms with E-state index in [0.29, 0.717) is 6.61 Å². The molecule has 1 aromatic rings. The van der Waals surface area contributed by atoms with E-state index in [-0.39, 0.29) is 16.7 Å². The fourth-order valence-electron chi connectivity index (χ4n) is 5.18. The molecule has 1 saturated heterocycles. The zero-order valence-corrected chi connectivity index (χ0v) is 14.6. The summed E-state index contributed by atoms with van der Waals surface area (Å²) in [5.74, 6) is 0.280. The van der Waals surface area contributed by atoms with Gasteiger partial charge in [-0.3, -0.25) is 4.79 Å². The first-order valence-corrected chi connectivity index (χ1v) is 9.32. The minimum atomic E-state index is -0.364. The Labute approximate surface area is 144 Å². The van der Waals surface area contributed by atoms with Crippen molar-refractivity contribution in [3.8, 4) is 0 Å². The van der Waals surface area contributed by atoms with Crippen LogP contribution >= 0.6 is 0 Å². The van der Waals surface area contributed by atoms with Gasteiger partial charge in [-0.15, -0.1) is 0 Å². The number of hydrogen-bond donors (Lipinski definition) is 1. The second kappa shape index (κ2) is 6.16. The Kier molecular flexibility index (Phi) is 4.13. The molecular formula is C20H28N2O2. The lowest BCUT2D eigenvalue weighted by molar-refractivity contribution is -0.133. The van der Waals surface area contributed by atoms with Gasteiger partial charge < -0.3 is 15.0 Å². The number of fused-ring (bicyclic) bond motifs is 2. The van der Waals surface area contributed by atoms with E-state index in [1.54, 1.807) is 7.11 Å². The maximum absolute atomic E-state index is 13.6. The molecule has 1 saturated carbocycles. The third-order valence-electron chi connectivity index (χ3n) is 6.47. The summed E-state index contributed by atoms with van der Waals surface area (Å²) in [6.07, 6.45) is 6.73. The van der Waals surface area contributed by atoms with Crippen LogP contribution in [0.4, 0.5) is 5.69 Å².